The Kier molecular flexibility index (Phi) is 6.98. The maximum absolute atomic E-state index is 5.70. The standard InChI is InChI=1S/C18H30NO2P/c1-5-13-19(2)22(16-9-7-6-8-10-16)18-12-11-15(20-3)14-17(18)21-4/h11-12,14,16H,5-10,13H2,1-4H3. The third-order valence-electron chi connectivity index (χ3n) is 4.47. The lowest BCUT2D eigenvalue weighted by Crippen LogP contribution is -2.29. The minimum absolute atomic E-state index is 0.332. The van der Waals surface area contributed by atoms with E-state index in [0.717, 1.165) is 23.7 Å². The molecule has 0 aromatic heterocycles. The second kappa shape index (κ2) is 8.74. The molecule has 124 valence electrons. The van der Waals surface area contributed by atoms with E-state index in [1.807, 2.05) is 6.07 Å². The Balaban J connectivity index is 2.34. The number of ether oxygens (including phenoxy) is 2. The van der Waals surface area contributed by atoms with Crippen LogP contribution in [0.3, 0.4) is 0 Å². The molecule has 22 heavy (non-hydrogen) atoms. The molecule has 1 aliphatic carbocycles. The first kappa shape index (κ1) is 17.6. The maximum atomic E-state index is 5.70. The van der Waals surface area contributed by atoms with E-state index < -0.39 is 0 Å². The second-order valence-corrected chi connectivity index (χ2v) is 8.64. The molecule has 1 aromatic carbocycles. The van der Waals surface area contributed by atoms with E-state index in [9.17, 15) is 0 Å². The lowest BCUT2D eigenvalue weighted by atomic mass is 10.0. The van der Waals surface area contributed by atoms with Crippen molar-refractivity contribution in [2.45, 2.75) is 51.1 Å². The van der Waals surface area contributed by atoms with Gasteiger partial charge in [-0.1, -0.05) is 26.2 Å². The summed E-state index contributed by atoms with van der Waals surface area (Å²) in [5.41, 5.74) is 0.794. The van der Waals surface area contributed by atoms with Gasteiger partial charge in [0.15, 0.2) is 0 Å². The highest BCUT2D eigenvalue weighted by Crippen LogP contribution is 2.51. The first-order valence-electron chi connectivity index (χ1n) is 8.43. The van der Waals surface area contributed by atoms with Gasteiger partial charge in [-0.2, -0.15) is 0 Å². The van der Waals surface area contributed by atoms with Crippen molar-refractivity contribution in [1.29, 1.82) is 0 Å². The summed E-state index contributed by atoms with van der Waals surface area (Å²) < 4.78 is 13.6. The number of hydrogen-bond acceptors (Lipinski definition) is 3. The van der Waals surface area contributed by atoms with Gasteiger partial charge in [-0.15, -0.1) is 0 Å². The highest BCUT2D eigenvalue weighted by molar-refractivity contribution is 7.64. The van der Waals surface area contributed by atoms with Gasteiger partial charge >= 0.3 is 0 Å². The molecule has 0 spiro atoms. The summed E-state index contributed by atoms with van der Waals surface area (Å²) in [4.78, 5) is 0. The largest absolute Gasteiger partial charge is 0.497 e. The zero-order valence-corrected chi connectivity index (χ0v) is 15.4. The number of rotatable bonds is 7. The third kappa shape index (κ3) is 4.14. The Morgan fingerprint density at radius 1 is 1.14 bits per heavy atom. The van der Waals surface area contributed by atoms with Crippen LogP contribution in [0.2, 0.25) is 0 Å². The molecular weight excluding hydrogens is 293 g/mol. The Labute approximate surface area is 136 Å². The van der Waals surface area contributed by atoms with Crippen LogP contribution in [0, 0.1) is 0 Å². The monoisotopic (exact) mass is 323 g/mol. The van der Waals surface area contributed by atoms with Crippen molar-refractivity contribution in [3.63, 3.8) is 0 Å². The molecule has 0 N–H and O–H groups in total. The summed E-state index contributed by atoms with van der Waals surface area (Å²) in [6.45, 7) is 3.41. The lowest BCUT2D eigenvalue weighted by Gasteiger charge is -2.37. The quantitative estimate of drug-likeness (QED) is 0.694. The third-order valence-corrected chi connectivity index (χ3v) is 7.48. The second-order valence-electron chi connectivity index (χ2n) is 6.06. The van der Waals surface area contributed by atoms with Crippen molar-refractivity contribution in [2.24, 2.45) is 0 Å². The molecule has 0 bridgehead atoms. The Hall–Kier alpha value is -0.790. The van der Waals surface area contributed by atoms with Crippen LogP contribution in [0.5, 0.6) is 11.5 Å². The summed E-state index contributed by atoms with van der Waals surface area (Å²) in [5.74, 6) is 1.86. The fraction of sp³-hybridized carbons (Fsp3) is 0.667. The van der Waals surface area contributed by atoms with E-state index in [1.165, 1.54) is 43.8 Å². The summed E-state index contributed by atoms with van der Waals surface area (Å²) in [5, 5.41) is 1.38. The molecule has 0 amide bonds. The molecule has 1 aliphatic rings. The fourth-order valence-corrected chi connectivity index (χ4v) is 6.59. The lowest BCUT2D eigenvalue weighted by molar-refractivity contribution is 0.396. The van der Waals surface area contributed by atoms with Gasteiger partial charge in [0.1, 0.15) is 11.5 Å². The zero-order chi connectivity index (χ0) is 15.9. The van der Waals surface area contributed by atoms with Crippen molar-refractivity contribution >= 4 is 13.4 Å². The molecule has 2 rings (SSSR count). The summed E-state index contributed by atoms with van der Waals surface area (Å²) >= 11 is 0. The van der Waals surface area contributed by atoms with Gasteiger partial charge < -0.3 is 9.47 Å². The smallest absolute Gasteiger partial charge is 0.131 e. The predicted molar refractivity (Wildman–Crippen MR) is 95.9 cm³/mol. The Bertz CT molecular complexity index is 460. The predicted octanol–water partition coefficient (Wildman–Crippen LogP) is 4.40. The molecule has 0 heterocycles. The molecule has 1 saturated carbocycles. The summed E-state index contributed by atoms with van der Waals surface area (Å²) in [7, 11) is 5.43. The molecule has 4 heteroatoms. The van der Waals surface area contributed by atoms with E-state index in [1.54, 1.807) is 14.2 Å². The van der Waals surface area contributed by atoms with Crippen LogP contribution in [-0.4, -0.2) is 38.1 Å². The molecule has 3 nitrogen and oxygen atoms in total. The SMILES string of the molecule is CCCN(C)P(c1ccc(OC)cc1OC)C1CCCCC1. The molecule has 1 unspecified atom stereocenters. The van der Waals surface area contributed by atoms with Crippen molar-refractivity contribution in [3.8, 4) is 11.5 Å². The van der Waals surface area contributed by atoms with Crippen LogP contribution >= 0.6 is 8.07 Å². The average Bonchev–Trinajstić information content (AvgIpc) is 2.56. The van der Waals surface area contributed by atoms with Crippen molar-refractivity contribution in [3.05, 3.63) is 18.2 Å². The summed E-state index contributed by atoms with van der Waals surface area (Å²) in [6, 6.07) is 6.34. The fourth-order valence-electron chi connectivity index (χ4n) is 3.39. The van der Waals surface area contributed by atoms with E-state index in [2.05, 4.69) is 30.8 Å². The molecule has 0 aliphatic heterocycles. The molecule has 0 saturated heterocycles. The number of benzene rings is 1. The van der Waals surface area contributed by atoms with Crippen LogP contribution in [-0.2, 0) is 0 Å². The first-order valence-corrected chi connectivity index (χ1v) is 9.80. The minimum Gasteiger partial charge on any atom is -0.497 e. The van der Waals surface area contributed by atoms with Crippen molar-refractivity contribution < 1.29 is 9.47 Å². The van der Waals surface area contributed by atoms with Gasteiger partial charge in [-0.05, 0) is 44.1 Å². The average molecular weight is 323 g/mol. The van der Waals surface area contributed by atoms with Crippen molar-refractivity contribution in [2.75, 3.05) is 27.8 Å². The molecule has 1 aromatic rings. The van der Waals surface area contributed by atoms with Crippen LogP contribution in [0.4, 0.5) is 0 Å². The Morgan fingerprint density at radius 2 is 1.86 bits per heavy atom. The minimum atomic E-state index is -0.332. The Morgan fingerprint density at radius 3 is 2.45 bits per heavy atom. The van der Waals surface area contributed by atoms with Gasteiger partial charge in [-0.3, -0.25) is 4.67 Å². The number of hydrogen-bond donors (Lipinski definition) is 0. The van der Waals surface area contributed by atoms with Crippen LogP contribution in [0.25, 0.3) is 0 Å². The molecule has 1 fully saturated rings. The van der Waals surface area contributed by atoms with Gasteiger partial charge in [0.25, 0.3) is 0 Å². The van der Waals surface area contributed by atoms with Crippen LogP contribution in [0.15, 0.2) is 18.2 Å². The van der Waals surface area contributed by atoms with Crippen molar-refractivity contribution in [1.82, 2.24) is 4.67 Å². The van der Waals surface area contributed by atoms with Gasteiger partial charge in [0.2, 0.25) is 0 Å². The number of methoxy groups -OCH3 is 2. The molecule has 0 radical (unpaired) electrons. The normalized spacial score (nSPS) is 17.5. The van der Waals surface area contributed by atoms with Gasteiger partial charge in [0.05, 0.1) is 14.2 Å². The van der Waals surface area contributed by atoms with Gasteiger partial charge in [-0.25, -0.2) is 0 Å². The highest BCUT2D eigenvalue weighted by Gasteiger charge is 2.30. The molecule has 1 atom stereocenters. The first-order chi connectivity index (χ1) is 10.7. The van der Waals surface area contributed by atoms with Crippen LogP contribution < -0.4 is 14.8 Å². The molecular formula is C18H30NO2P. The van der Waals surface area contributed by atoms with E-state index >= 15 is 0 Å². The van der Waals surface area contributed by atoms with E-state index in [-0.39, 0.29) is 8.07 Å². The zero-order valence-electron chi connectivity index (χ0n) is 14.5. The summed E-state index contributed by atoms with van der Waals surface area (Å²) in [6.07, 6.45) is 8.06. The maximum Gasteiger partial charge on any atom is 0.131 e. The van der Waals surface area contributed by atoms with Crippen LogP contribution in [0.1, 0.15) is 45.4 Å². The van der Waals surface area contributed by atoms with E-state index in [0.29, 0.717) is 0 Å². The number of nitrogens with zero attached hydrogens (tertiary/aromatic N) is 1. The highest BCUT2D eigenvalue weighted by atomic mass is 31.1. The van der Waals surface area contributed by atoms with Gasteiger partial charge in [0, 0.05) is 26.0 Å². The van der Waals surface area contributed by atoms with E-state index in [4.69, 9.17) is 9.47 Å². The topological polar surface area (TPSA) is 21.7 Å².